The Morgan fingerprint density at radius 2 is 1.53 bits per heavy atom. The molecular formula is C25H22FNO4S. The van der Waals surface area contributed by atoms with E-state index in [2.05, 4.69) is 0 Å². The number of imide groups is 1. The summed E-state index contributed by atoms with van der Waals surface area (Å²) in [5.41, 5.74) is 2.05. The van der Waals surface area contributed by atoms with Crippen molar-refractivity contribution in [3.63, 3.8) is 0 Å². The van der Waals surface area contributed by atoms with Crippen LogP contribution in [0.15, 0.2) is 83.8 Å². The lowest BCUT2D eigenvalue weighted by atomic mass is 9.87. The number of hydrogen-bond donors (Lipinski definition) is 0. The molecule has 0 bridgehead atoms. The van der Waals surface area contributed by atoms with Gasteiger partial charge in [0.25, 0.3) is 0 Å². The highest BCUT2D eigenvalue weighted by Crippen LogP contribution is 2.37. The van der Waals surface area contributed by atoms with Crippen molar-refractivity contribution >= 4 is 21.7 Å². The van der Waals surface area contributed by atoms with E-state index in [1.165, 1.54) is 36.4 Å². The van der Waals surface area contributed by atoms with E-state index in [1.807, 2.05) is 13.0 Å². The highest BCUT2D eigenvalue weighted by molar-refractivity contribution is 7.92. The smallest absolute Gasteiger partial charge is 0.248 e. The van der Waals surface area contributed by atoms with Gasteiger partial charge in [-0.2, -0.15) is 0 Å². The average Bonchev–Trinajstić information content (AvgIpc) is 2.77. The second-order valence-corrected chi connectivity index (χ2v) is 10.0. The SMILES string of the molecule is Cc1ccc(S(=O)(=O)[C@@H]2C(=O)N(Cc3ccccc3)C(=O)C[C@H]2c2ccc(F)cc2)cc1. The maximum Gasteiger partial charge on any atom is 0.248 e. The fourth-order valence-corrected chi connectivity index (χ4v) is 5.90. The quantitative estimate of drug-likeness (QED) is 0.550. The summed E-state index contributed by atoms with van der Waals surface area (Å²) >= 11 is 0. The van der Waals surface area contributed by atoms with Crippen molar-refractivity contribution in [2.24, 2.45) is 0 Å². The van der Waals surface area contributed by atoms with Crippen LogP contribution in [-0.4, -0.2) is 30.4 Å². The zero-order valence-electron chi connectivity index (χ0n) is 17.4. The van der Waals surface area contributed by atoms with E-state index in [9.17, 15) is 22.4 Å². The van der Waals surface area contributed by atoms with Crippen LogP contribution in [0.3, 0.4) is 0 Å². The summed E-state index contributed by atoms with van der Waals surface area (Å²) in [6.07, 6.45) is -0.167. The van der Waals surface area contributed by atoms with Gasteiger partial charge in [-0.25, -0.2) is 12.8 Å². The highest BCUT2D eigenvalue weighted by Gasteiger charge is 2.49. The number of rotatable bonds is 5. The third-order valence-corrected chi connectivity index (χ3v) is 7.86. The number of hydrogen-bond acceptors (Lipinski definition) is 4. The van der Waals surface area contributed by atoms with Crippen LogP contribution in [0.2, 0.25) is 0 Å². The molecule has 1 heterocycles. The first-order chi connectivity index (χ1) is 15.3. The topological polar surface area (TPSA) is 71.5 Å². The van der Waals surface area contributed by atoms with Gasteiger partial charge >= 0.3 is 0 Å². The van der Waals surface area contributed by atoms with Gasteiger partial charge in [0, 0.05) is 12.3 Å². The van der Waals surface area contributed by atoms with Gasteiger partial charge in [0.1, 0.15) is 5.82 Å². The van der Waals surface area contributed by atoms with Crippen LogP contribution in [0, 0.1) is 12.7 Å². The Balaban J connectivity index is 1.79. The standard InChI is InChI=1S/C25H22FNO4S/c1-17-7-13-21(14-8-17)32(30,31)24-22(19-9-11-20(26)12-10-19)15-23(28)27(25(24)29)16-18-5-3-2-4-6-18/h2-14,22,24H,15-16H2,1H3/t22-,24-/m0/s1. The van der Waals surface area contributed by atoms with Crippen LogP contribution in [0.5, 0.6) is 0 Å². The number of carbonyl (C=O) groups excluding carboxylic acids is 2. The summed E-state index contributed by atoms with van der Waals surface area (Å²) in [6.45, 7) is 1.83. The van der Waals surface area contributed by atoms with Gasteiger partial charge in [-0.05, 0) is 42.3 Å². The van der Waals surface area contributed by atoms with Crippen LogP contribution in [0.4, 0.5) is 4.39 Å². The lowest BCUT2D eigenvalue weighted by Crippen LogP contribution is -2.53. The zero-order valence-corrected chi connectivity index (χ0v) is 18.3. The Morgan fingerprint density at radius 1 is 0.906 bits per heavy atom. The molecule has 32 heavy (non-hydrogen) atoms. The van der Waals surface area contributed by atoms with Gasteiger partial charge in [0.2, 0.25) is 11.8 Å². The fourth-order valence-electron chi connectivity index (χ4n) is 4.01. The molecule has 0 radical (unpaired) electrons. The lowest BCUT2D eigenvalue weighted by molar-refractivity contribution is -0.149. The summed E-state index contributed by atoms with van der Waals surface area (Å²) < 4.78 is 40.7. The van der Waals surface area contributed by atoms with E-state index >= 15 is 0 Å². The Labute approximate surface area is 186 Å². The molecular weight excluding hydrogens is 429 g/mol. The van der Waals surface area contributed by atoms with E-state index in [0.29, 0.717) is 5.56 Å². The molecule has 4 rings (SSSR count). The molecule has 7 heteroatoms. The number of sulfone groups is 1. The number of halogens is 1. The van der Waals surface area contributed by atoms with Gasteiger partial charge in [0.15, 0.2) is 15.1 Å². The van der Waals surface area contributed by atoms with Crippen LogP contribution < -0.4 is 0 Å². The number of benzene rings is 3. The molecule has 1 aliphatic rings. The second kappa shape index (κ2) is 8.67. The Hall–Kier alpha value is -3.32. The molecule has 5 nitrogen and oxygen atoms in total. The molecule has 1 fully saturated rings. The van der Waals surface area contributed by atoms with Crippen LogP contribution >= 0.6 is 0 Å². The normalized spacial score (nSPS) is 19.2. The molecule has 0 saturated carbocycles. The highest BCUT2D eigenvalue weighted by atomic mass is 32.2. The van der Waals surface area contributed by atoms with E-state index in [1.54, 1.807) is 36.4 Å². The van der Waals surface area contributed by atoms with Gasteiger partial charge in [-0.3, -0.25) is 14.5 Å². The Morgan fingerprint density at radius 3 is 2.16 bits per heavy atom. The molecule has 1 saturated heterocycles. The molecule has 0 unspecified atom stereocenters. The summed E-state index contributed by atoms with van der Waals surface area (Å²) in [5.74, 6) is -2.61. The Bertz CT molecular complexity index is 1240. The molecule has 3 aromatic rings. The van der Waals surface area contributed by atoms with Gasteiger partial charge in [-0.1, -0.05) is 60.2 Å². The van der Waals surface area contributed by atoms with E-state index in [4.69, 9.17) is 0 Å². The van der Waals surface area contributed by atoms with Crippen molar-refractivity contribution in [3.8, 4) is 0 Å². The fraction of sp³-hybridized carbons (Fsp3) is 0.200. The van der Waals surface area contributed by atoms with Gasteiger partial charge in [0.05, 0.1) is 11.4 Å². The first kappa shape index (κ1) is 21.9. The van der Waals surface area contributed by atoms with Crippen molar-refractivity contribution in [1.82, 2.24) is 4.90 Å². The van der Waals surface area contributed by atoms with Crippen molar-refractivity contribution in [1.29, 1.82) is 0 Å². The van der Waals surface area contributed by atoms with E-state index in [-0.39, 0.29) is 17.9 Å². The van der Waals surface area contributed by atoms with E-state index < -0.39 is 38.6 Å². The number of piperidine rings is 1. The molecule has 0 aromatic heterocycles. The first-order valence-electron chi connectivity index (χ1n) is 10.2. The van der Waals surface area contributed by atoms with Crippen LogP contribution in [0.1, 0.15) is 29.0 Å². The maximum atomic E-state index is 13.6. The van der Waals surface area contributed by atoms with Crippen molar-refractivity contribution in [2.45, 2.75) is 36.0 Å². The van der Waals surface area contributed by atoms with Crippen LogP contribution in [0.25, 0.3) is 0 Å². The second-order valence-electron chi connectivity index (χ2n) is 7.94. The van der Waals surface area contributed by atoms with Crippen LogP contribution in [-0.2, 0) is 26.0 Å². The minimum atomic E-state index is -4.12. The third kappa shape index (κ3) is 4.21. The number of aryl methyl sites for hydroxylation is 1. The monoisotopic (exact) mass is 451 g/mol. The summed E-state index contributed by atoms with van der Waals surface area (Å²) in [4.78, 5) is 27.5. The summed E-state index contributed by atoms with van der Waals surface area (Å²) in [7, 11) is -4.12. The average molecular weight is 452 g/mol. The van der Waals surface area contributed by atoms with E-state index in [0.717, 1.165) is 16.0 Å². The first-order valence-corrected chi connectivity index (χ1v) is 11.8. The van der Waals surface area contributed by atoms with Gasteiger partial charge in [-0.15, -0.1) is 0 Å². The number of nitrogens with zero attached hydrogens (tertiary/aromatic N) is 1. The predicted octanol–water partition coefficient (Wildman–Crippen LogP) is 4.02. The maximum absolute atomic E-state index is 13.6. The van der Waals surface area contributed by atoms with Crippen molar-refractivity contribution in [2.75, 3.05) is 0 Å². The molecule has 3 aromatic carbocycles. The number of carbonyl (C=O) groups is 2. The third-order valence-electron chi connectivity index (χ3n) is 5.74. The molecule has 2 amide bonds. The zero-order chi connectivity index (χ0) is 22.9. The van der Waals surface area contributed by atoms with Gasteiger partial charge < -0.3 is 0 Å². The molecule has 2 atom stereocenters. The lowest BCUT2D eigenvalue weighted by Gasteiger charge is -2.36. The minimum Gasteiger partial charge on any atom is -0.277 e. The molecule has 1 aliphatic heterocycles. The number of amides is 2. The molecule has 0 aliphatic carbocycles. The molecule has 0 spiro atoms. The Kier molecular flexibility index (Phi) is 5.93. The van der Waals surface area contributed by atoms with Crippen molar-refractivity contribution in [3.05, 3.63) is 101 Å². The molecule has 0 N–H and O–H groups in total. The molecule has 164 valence electrons. The largest absolute Gasteiger partial charge is 0.277 e. The predicted molar refractivity (Wildman–Crippen MR) is 118 cm³/mol. The number of likely N-dealkylation sites (tertiary alicyclic amines) is 1. The summed E-state index contributed by atoms with van der Waals surface area (Å²) in [6, 6.07) is 20.5. The van der Waals surface area contributed by atoms with Crippen molar-refractivity contribution < 1.29 is 22.4 Å². The summed E-state index contributed by atoms with van der Waals surface area (Å²) in [5, 5.41) is -1.49. The minimum absolute atomic E-state index is 0.00539.